The Bertz CT molecular complexity index is 1420. The third-order valence-corrected chi connectivity index (χ3v) is 6.70. The molecule has 0 aliphatic heterocycles. The molecule has 0 fully saturated rings. The minimum atomic E-state index is 0.305. The minimum Gasteiger partial charge on any atom is -0.487 e. The number of hydrogen-bond acceptors (Lipinski definition) is 6. The molecule has 0 aliphatic carbocycles. The average molecular weight is 477 g/mol. The Kier molecular flexibility index (Phi) is 6.02. The quantitative estimate of drug-likeness (QED) is 0.293. The predicted octanol–water partition coefficient (Wildman–Crippen LogP) is 5.38. The molecule has 0 saturated heterocycles. The summed E-state index contributed by atoms with van der Waals surface area (Å²) in [6, 6.07) is 7.99. The van der Waals surface area contributed by atoms with E-state index in [9.17, 15) is 0 Å². The first kappa shape index (κ1) is 21.5. The maximum atomic E-state index is 6.52. The number of hydrogen-bond donors (Lipinski definition) is 0. The fourth-order valence-corrected chi connectivity index (χ4v) is 4.91. The van der Waals surface area contributed by atoms with Gasteiger partial charge in [-0.3, -0.25) is 4.98 Å². The van der Waals surface area contributed by atoms with Crippen LogP contribution in [0.2, 0.25) is 5.02 Å². The lowest BCUT2D eigenvalue weighted by atomic mass is 10.1. The number of thioether (sulfide) groups is 1. The molecule has 0 N–H and O–H groups in total. The third kappa shape index (κ3) is 4.44. The highest BCUT2D eigenvalue weighted by atomic mass is 35.5. The molecule has 0 bridgehead atoms. The fraction of sp³-hybridized carbons (Fsp3) is 0.167. The second-order valence-electron chi connectivity index (χ2n) is 7.53. The number of nitrogens with zero attached hydrogens (tertiary/aromatic N) is 6. The summed E-state index contributed by atoms with van der Waals surface area (Å²) in [5.74, 6) is 2.39. The number of rotatable bonds is 7. The zero-order valence-electron chi connectivity index (χ0n) is 18.1. The number of ether oxygens (including phenoxy) is 1. The lowest BCUT2D eigenvalue weighted by molar-refractivity contribution is 0.306. The molecule has 4 aromatic heterocycles. The van der Waals surface area contributed by atoms with Gasteiger partial charge in [0.15, 0.2) is 0 Å². The summed E-state index contributed by atoms with van der Waals surface area (Å²) in [6.07, 6.45) is 12.7. The van der Waals surface area contributed by atoms with E-state index in [0.29, 0.717) is 23.1 Å². The van der Waals surface area contributed by atoms with Crippen molar-refractivity contribution in [1.82, 2.24) is 29.1 Å². The second-order valence-corrected chi connectivity index (χ2v) is 8.96. The smallest absolute Gasteiger partial charge is 0.146 e. The van der Waals surface area contributed by atoms with Crippen LogP contribution in [0.4, 0.5) is 0 Å². The van der Waals surface area contributed by atoms with Crippen LogP contribution in [0.1, 0.15) is 17.1 Å². The number of aryl methyl sites for hydroxylation is 2. The van der Waals surface area contributed by atoms with Crippen LogP contribution >= 0.6 is 23.4 Å². The summed E-state index contributed by atoms with van der Waals surface area (Å²) in [5, 5.41) is 1.56. The minimum absolute atomic E-state index is 0.305. The number of benzene rings is 1. The first-order chi connectivity index (χ1) is 16.1. The van der Waals surface area contributed by atoms with E-state index in [1.54, 1.807) is 36.7 Å². The molecule has 9 heteroatoms. The number of para-hydroxylation sites is 1. The number of aromatic nitrogens is 6. The molecule has 0 amide bonds. The van der Waals surface area contributed by atoms with Crippen LogP contribution in [0.5, 0.6) is 5.75 Å². The van der Waals surface area contributed by atoms with Gasteiger partial charge in [-0.15, -0.1) is 11.8 Å². The van der Waals surface area contributed by atoms with Gasteiger partial charge in [0, 0.05) is 65.8 Å². The summed E-state index contributed by atoms with van der Waals surface area (Å²) < 4.78 is 10.3. The zero-order chi connectivity index (χ0) is 22.8. The first-order valence-corrected chi connectivity index (χ1v) is 11.7. The Hall–Kier alpha value is -3.36. The van der Waals surface area contributed by atoms with Crippen molar-refractivity contribution < 1.29 is 4.74 Å². The van der Waals surface area contributed by atoms with Crippen LogP contribution in [-0.2, 0) is 19.4 Å². The molecular formula is C24H21ClN6OS. The van der Waals surface area contributed by atoms with Crippen LogP contribution in [0.25, 0.3) is 16.6 Å². The van der Waals surface area contributed by atoms with Crippen molar-refractivity contribution >= 4 is 34.3 Å². The van der Waals surface area contributed by atoms with E-state index < -0.39 is 0 Å². The van der Waals surface area contributed by atoms with Gasteiger partial charge >= 0.3 is 0 Å². The second kappa shape index (κ2) is 9.25. The van der Waals surface area contributed by atoms with Crippen LogP contribution in [0.3, 0.4) is 0 Å². The summed E-state index contributed by atoms with van der Waals surface area (Å²) >= 11 is 8.16. The van der Waals surface area contributed by atoms with Gasteiger partial charge in [0.25, 0.3) is 0 Å². The maximum absolute atomic E-state index is 6.52. The van der Waals surface area contributed by atoms with E-state index in [4.69, 9.17) is 21.3 Å². The Morgan fingerprint density at radius 2 is 2.03 bits per heavy atom. The molecule has 0 aliphatic rings. The van der Waals surface area contributed by atoms with Gasteiger partial charge in [-0.1, -0.05) is 23.7 Å². The predicted molar refractivity (Wildman–Crippen MR) is 130 cm³/mol. The van der Waals surface area contributed by atoms with Gasteiger partial charge < -0.3 is 13.9 Å². The third-order valence-electron chi connectivity index (χ3n) is 5.31. The molecule has 0 saturated carbocycles. The topological polar surface area (TPSA) is 70.7 Å². The monoisotopic (exact) mass is 476 g/mol. The number of fused-ring (bicyclic) bond motifs is 1. The van der Waals surface area contributed by atoms with Crippen LogP contribution < -0.4 is 4.74 Å². The molecule has 5 rings (SSSR count). The molecule has 0 unspecified atom stereocenters. The van der Waals surface area contributed by atoms with Gasteiger partial charge in [-0.25, -0.2) is 15.0 Å². The van der Waals surface area contributed by atoms with Gasteiger partial charge in [0.1, 0.15) is 23.7 Å². The van der Waals surface area contributed by atoms with Crippen molar-refractivity contribution in [3.8, 4) is 11.4 Å². The fourth-order valence-electron chi connectivity index (χ4n) is 3.60. The highest BCUT2D eigenvalue weighted by Gasteiger charge is 2.14. The maximum Gasteiger partial charge on any atom is 0.146 e. The van der Waals surface area contributed by atoms with E-state index in [1.807, 2.05) is 66.0 Å². The van der Waals surface area contributed by atoms with Crippen LogP contribution in [0.15, 0.2) is 72.7 Å². The van der Waals surface area contributed by atoms with Gasteiger partial charge in [0.05, 0.1) is 22.8 Å². The van der Waals surface area contributed by atoms with Crippen molar-refractivity contribution in [2.45, 2.75) is 24.2 Å². The standard InChI is InChI=1S/C24H21ClN6OS/c1-16-10-20(31-9-6-26-15-31)17-4-3-5-21(24(17)29-16)32-13-18-19(25)11-27-12-22(18)33-14-23-28-7-8-30(23)2/h3-12,15H,13-14H2,1-2H3. The number of imidazole rings is 2. The van der Waals surface area contributed by atoms with Crippen molar-refractivity contribution in [3.63, 3.8) is 0 Å². The van der Waals surface area contributed by atoms with E-state index in [-0.39, 0.29) is 0 Å². The first-order valence-electron chi connectivity index (χ1n) is 10.3. The van der Waals surface area contributed by atoms with Crippen molar-refractivity contribution in [2.75, 3.05) is 0 Å². The average Bonchev–Trinajstić information content (AvgIpc) is 3.48. The highest BCUT2D eigenvalue weighted by molar-refractivity contribution is 7.98. The zero-order valence-corrected chi connectivity index (χ0v) is 19.7. The number of halogens is 1. The molecule has 7 nitrogen and oxygen atoms in total. The van der Waals surface area contributed by atoms with Crippen molar-refractivity contribution in [1.29, 1.82) is 0 Å². The Morgan fingerprint density at radius 1 is 1.12 bits per heavy atom. The molecule has 4 heterocycles. The van der Waals surface area contributed by atoms with Crippen LogP contribution in [0, 0.1) is 6.92 Å². The molecule has 33 heavy (non-hydrogen) atoms. The molecule has 5 aromatic rings. The highest BCUT2D eigenvalue weighted by Crippen LogP contribution is 2.33. The molecule has 1 aromatic carbocycles. The molecule has 166 valence electrons. The SMILES string of the molecule is Cc1cc(-n2ccnc2)c2cccc(OCc3c(Cl)cncc3SCc3nccn3C)c2n1. The Balaban J connectivity index is 1.44. The molecule has 0 atom stereocenters. The Morgan fingerprint density at radius 3 is 2.82 bits per heavy atom. The largest absolute Gasteiger partial charge is 0.487 e. The van der Waals surface area contributed by atoms with Crippen molar-refractivity contribution in [2.24, 2.45) is 7.05 Å². The van der Waals surface area contributed by atoms with Gasteiger partial charge in [0.2, 0.25) is 0 Å². The lowest BCUT2D eigenvalue weighted by Crippen LogP contribution is -2.02. The van der Waals surface area contributed by atoms with E-state index in [0.717, 1.165) is 38.6 Å². The van der Waals surface area contributed by atoms with E-state index >= 15 is 0 Å². The van der Waals surface area contributed by atoms with Crippen molar-refractivity contribution in [3.05, 3.63) is 89.9 Å². The molecule has 0 spiro atoms. The molecule has 0 radical (unpaired) electrons. The van der Waals surface area contributed by atoms with Gasteiger partial charge in [-0.05, 0) is 19.1 Å². The molecular weight excluding hydrogens is 456 g/mol. The van der Waals surface area contributed by atoms with Crippen LogP contribution in [-0.4, -0.2) is 29.1 Å². The summed E-state index contributed by atoms with van der Waals surface area (Å²) in [6.45, 7) is 2.28. The van der Waals surface area contributed by atoms with E-state index in [2.05, 4.69) is 15.0 Å². The Labute approximate surface area is 200 Å². The van der Waals surface area contributed by atoms with Gasteiger partial charge in [-0.2, -0.15) is 0 Å². The summed E-state index contributed by atoms with van der Waals surface area (Å²) in [7, 11) is 1.98. The summed E-state index contributed by atoms with van der Waals surface area (Å²) in [5.41, 5.74) is 3.60. The summed E-state index contributed by atoms with van der Waals surface area (Å²) in [4.78, 5) is 18.6. The lowest BCUT2D eigenvalue weighted by Gasteiger charge is -2.15. The number of pyridine rings is 2. The van der Waals surface area contributed by atoms with E-state index in [1.165, 1.54) is 0 Å². The normalized spacial score (nSPS) is 11.2.